The van der Waals surface area contributed by atoms with Gasteiger partial charge in [0.15, 0.2) is 0 Å². The van der Waals surface area contributed by atoms with Crippen molar-refractivity contribution in [2.75, 3.05) is 25.0 Å². The van der Waals surface area contributed by atoms with Gasteiger partial charge in [0.05, 0.1) is 6.54 Å². The Balaban J connectivity index is 1.93. The molecule has 0 aromatic heterocycles. The average Bonchev–Trinajstić information content (AvgIpc) is 2.76. The first-order valence-electron chi connectivity index (χ1n) is 6.61. The number of carbonyl (C=O) groups excluding carboxylic acids is 1. The molecule has 1 fully saturated rings. The van der Waals surface area contributed by atoms with Crippen molar-refractivity contribution in [3.63, 3.8) is 0 Å². The minimum absolute atomic E-state index is 0.119. The molecule has 1 heterocycles. The first-order valence-corrected chi connectivity index (χ1v) is 6.98. The fourth-order valence-electron chi connectivity index (χ4n) is 2.38. The number of nitrogens with two attached hydrogens (primary N) is 1. The molecular weight excluding hydrogens is 294 g/mol. The van der Waals surface area contributed by atoms with E-state index in [0.717, 1.165) is 5.56 Å². The van der Waals surface area contributed by atoms with Crippen molar-refractivity contribution in [2.24, 2.45) is 5.73 Å². The number of benzene rings is 1. The number of carboxylic acids is 1. The molecular formula is C14H18ClN3O3. The molecule has 4 N–H and O–H groups in total. The lowest BCUT2D eigenvalue weighted by Crippen LogP contribution is -2.50. The Morgan fingerprint density at radius 3 is 2.81 bits per heavy atom. The summed E-state index contributed by atoms with van der Waals surface area (Å²) in [7, 11) is 0. The predicted octanol–water partition coefficient (Wildman–Crippen LogP) is 1.07. The molecule has 0 spiro atoms. The summed E-state index contributed by atoms with van der Waals surface area (Å²) < 4.78 is 0. The van der Waals surface area contributed by atoms with Crippen molar-refractivity contribution >= 4 is 29.2 Å². The molecule has 21 heavy (non-hydrogen) atoms. The van der Waals surface area contributed by atoms with E-state index in [0.29, 0.717) is 23.7 Å². The van der Waals surface area contributed by atoms with E-state index in [-0.39, 0.29) is 19.0 Å². The Morgan fingerprint density at radius 2 is 2.24 bits per heavy atom. The van der Waals surface area contributed by atoms with Gasteiger partial charge in [-0.25, -0.2) is 0 Å². The number of halogens is 1. The van der Waals surface area contributed by atoms with E-state index in [1.807, 2.05) is 6.92 Å². The van der Waals surface area contributed by atoms with Gasteiger partial charge in [-0.3, -0.25) is 14.5 Å². The van der Waals surface area contributed by atoms with Crippen LogP contribution in [0.15, 0.2) is 18.2 Å². The van der Waals surface area contributed by atoms with Gasteiger partial charge in [-0.05, 0) is 37.1 Å². The molecule has 7 heteroatoms. The van der Waals surface area contributed by atoms with Crippen LogP contribution in [0.5, 0.6) is 0 Å². The number of hydrogen-bond acceptors (Lipinski definition) is 4. The summed E-state index contributed by atoms with van der Waals surface area (Å²) in [5.41, 5.74) is 6.09. The maximum Gasteiger partial charge on any atom is 0.325 e. The first kappa shape index (κ1) is 15.8. The molecule has 1 atom stereocenters. The standard InChI is InChI=1S/C14H18ClN3O3/c1-9-6-10(15)2-3-11(9)17-12(19)7-18-5-4-14(16,8-18)13(20)21/h2-3,6H,4-5,7-8,16H2,1H3,(H,17,19)(H,20,21). The number of anilines is 1. The molecule has 1 saturated heterocycles. The summed E-state index contributed by atoms with van der Waals surface area (Å²) in [4.78, 5) is 24.8. The number of carbonyl (C=O) groups is 2. The lowest BCUT2D eigenvalue weighted by molar-refractivity contribution is -0.143. The third-order valence-corrected chi connectivity index (χ3v) is 3.87. The topological polar surface area (TPSA) is 95.7 Å². The van der Waals surface area contributed by atoms with Crippen LogP contribution < -0.4 is 11.1 Å². The molecule has 0 radical (unpaired) electrons. The van der Waals surface area contributed by atoms with Crippen LogP contribution in [0.1, 0.15) is 12.0 Å². The van der Waals surface area contributed by atoms with Gasteiger partial charge in [-0.1, -0.05) is 11.6 Å². The molecule has 114 valence electrons. The summed E-state index contributed by atoms with van der Waals surface area (Å²) in [5.74, 6) is -1.23. The van der Waals surface area contributed by atoms with Gasteiger partial charge in [0.1, 0.15) is 5.54 Å². The summed E-state index contributed by atoms with van der Waals surface area (Å²) >= 11 is 5.86. The smallest absolute Gasteiger partial charge is 0.325 e. The van der Waals surface area contributed by atoms with Crippen LogP contribution in [-0.4, -0.2) is 47.1 Å². The maximum atomic E-state index is 12.0. The van der Waals surface area contributed by atoms with Crippen molar-refractivity contribution in [2.45, 2.75) is 18.9 Å². The van der Waals surface area contributed by atoms with Gasteiger partial charge in [-0.2, -0.15) is 0 Å². The third kappa shape index (κ3) is 3.72. The molecule has 1 amide bonds. The monoisotopic (exact) mass is 311 g/mol. The molecule has 2 rings (SSSR count). The number of aryl methyl sites for hydroxylation is 1. The van der Waals surface area contributed by atoms with Crippen molar-refractivity contribution < 1.29 is 14.7 Å². The number of hydrogen-bond donors (Lipinski definition) is 3. The fourth-order valence-corrected chi connectivity index (χ4v) is 2.61. The lowest BCUT2D eigenvalue weighted by atomic mass is 10.0. The van der Waals surface area contributed by atoms with E-state index in [2.05, 4.69) is 5.32 Å². The van der Waals surface area contributed by atoms with Gasteiger partial charge in [-0.15, -0.1) is 0 Å². The van der Waals surface area contributed by atoms with E-state index < -0.39 is 11.5 Å². The Hall–Kier alpha value is -1.63. The summed E-state index contributed by atoms with van der Waals surface area (Å²) in [6.45, 7) is 2.64. The van der Waals surface area contributed by atoms with Gasteiger partial charge < -0.3 is 16.2 Å². The van der Waals surface area contributed by atoms with Crippen LogP contribution in [0.25, 0.3) is 0 Å². The second-order valence-corrected chi connectivity index (χ2v) is 5.87. The zero-order chi connectivity index (χ0) is 15.6. The van der Waals surface area contributed by atoms with Crippen molar-refractivity contribution in [3.8, 4) is 0 Å². The van der Waals surface area contributed by atoms with Crippen LogP contribution in [0.2, 0.25) is 5.02 Å². The largest absolute Gasteiger partial charge is 0.480 e. The van der Waals surface area contributed by atoms with Crippen LogP contribution in [-0.2, 0) is 9.59 Å². The fraction of sp³-hybridized carbons (Fsp3) is 0.429. The molecule has 1 aromatic rings. The zero-order valence-corrected chi connectivity index (χ0v) is 12.5. The van der Waals surface area contributed by atoms with E-state index in [4.69, 9.17) is 22.4 Å². The normalized spacial score (nSPS) is 22.2. The number of rotatable bonds is 4. The molecule has 1 aromatic carbocycles. The molecule has 6 nitrogen and oxygen atoms in total. The Kier molecular flexibility index (Phi) is 4.51. The Labute approximate surface area is 127 Å². The number of nitrogens with zero attached hydrogens (tertiary/aromatic N) is 1. The van der Waals surface area contributed by atoms with Crippen LogP contribution in [0, 0.1) is 6.92 Å². The van der Waals surface area contributed by atoms with E-state index in [1.54, 1.807) is 23.1 Å². The number of nitrogens with one attached hydrogen (secondary N) is 1. The molecule has 1 aliphatic rings. The molecule has 1 aliphatic heterocycles. The third-order valence-electron chi connectivity index (χ3n) is 3.64. The SMILES string of the molecule is Cc1cc(Cl)ccc1NC(=O)CN1CCC(N)(C(=O)O)C1. The first-order chi connectivity index (χ1) is 9.80. The summed E-state index contributed by atoms with van der Waals surface area (Å²) in [5, 5.41) is 12.5. The highest BCUT2D eigenvalue weighted by atomic mass is 35.5. The Bertz CT molecular complexity index is 579. The molecule has 0 saturated carbocycles. The second kappa shape index (κ2) is 6.01. The molecule has 0 aliphatic carbocycles. The maximum absolute atomic E-state index is 12.0. The van der Waals surface area contributed by atoms with E-state index in [1.165, 1.54) is 0 Å². The zero-order valence-electron chi connectivity index (χ0n) is 11.7. The van der Waals surface area contributed by atoms with Crippen molar-refractivity contribution in [1.82, 2.24) is 4.90 Å². The van der Waals surface area contributed by atoms with Crippen molar-refractivity contribution in [3.05, 3.63) is 28.8 Å². The van der Waals surface area contributed by atoms with Gasteiger partial charge in [0.2, 0.25) is 5.91 Å². The van der Waals surface area contributed by atoms with Gasteiger partial charge >= 0.3 is 5.97 Å². The van der Waals surface area contributed by atoms with Gasteiger partial charge in [0, 0.05) is 23.8 Å². The number of amides is 1. The van der Waals surface area contributed by atoms with Crippen LogP contribution in [0.4, 0.5) is 5.69 Å². The molecule has 0 bridgehead atoms. The highest BCUT2D eigenvalue weighted by Crippen LogP contribution is 2.21. The number of likely N-dealkylation sites (tertiary alicyclic amines) is 1. The van der Waals surface area contributed by atoms with Crippen LogP contribution >= 0.6 is 11.6 Å². The second-order valence-electron chi connectivity index (χ2n) is 5.43. The average molecular weight is 312 g/mol. The number of carboxylic acid groups (broad SMARTS) is 1. The highest BCUT2D eigenvalue weighted by Gasteiger charge is 2.41. The van der Waals surface area contributed by atoms with Gasteiger partial charge in [0.25, 0.3) is 0 Å². The summed E-state index contributed by atoms with van der Waals surface area (Å²) in [6.07, 6.45) is 0.343. The minimum Gasteiger partial charge on any atom is -0.480 e. The van der Waals surface area contributed by atoms with Crippen LogP contribution in [0.3, 0.4) is 0 Å². The highest BCUT2D eigenvalue weighted by molar-refractivity contribution is 6.30. The number of aliphatic carboxylic acids is 1. The quantitative estimate of drug-likeness (QED) is 0.773. The predicted molar refractivity (Wildman–Crippen MR) is 80.4 cm³/mol. The van der Waals surface area contributed by atoms with E-state index in [9.17, 15) is 9.59 Å². The van der Waals surface area contributed by atoms with E-state index >= 15 is 0 Å². The lowest BCUT2D eigenvalue weighted by Gasteiger charge is -2.19. The summed E-state index contributed by atoms with van der Waals surface area (Å²) in [6, 6.07) is 5.21. The minimum atomic E-state index is -1.25. The Morgan fingerprint density at radius 1 is 1.52 bits per heavy atom. The van der Waals surface area contributed by atoms with Crippen molar-refractivity contribution in [1.29, 1.82) is 0 Å². The molecule has 1 unspecified atom stereocenters.